The van der Waals surface area contributed by atoms with Gasteiger partial charge in [-0.05, 0) is 40.9 Å². The van der Waals surface area contributed by atoms with E-state index in [0.717, 1.165) is 25.0 Å². The highest BCUT2D eigenvalue weighted by Crippen LogP contribution is 2.38. The molecule has 0 aromatic heterocycles. The summed E-state index contributed by atoms with van der Waals surface area (Å²) in [6.45, 7) is 15.4. The van der Waals surface area contributed by atoms with E-state index in [-0.39, 0.29) is 10.8 Å². The van der Waals surface area contributed by atoms with Gasteiger partial charge in [-0.25, -0.2) is 0 Å². The van der Waals surface area contributed by atoms with Crippen LogP contribution >= 0.6 is 0 Å². The number of hydrogen-bond acceptors (Lipinski definition) is 2. The van der Waals surface area contributed by atoms with E-state index in [4.69, 9.17) is 4.74 Å². The first-order valence-corrected chi connectivity index (χ1v) is 8.67. The lowest BCUT2D eigenvalue weighted by atomic mass is 9.77. The molecule has 2 nitrogen and oxygen atoms in total. The minimum Gasteiger partial charge on any atom is -0.465 e. The van der Waals surface area contributed by atoms with Crippen molar-refractivity contribution in [1.82, 2.24) is 0 Å². The predicted molar refractivity (Wildman–Crippen MR) is 94.6 cm³/mol. The molecule has 2 heteroatoms. The van der Waals surface area contributed by atoms with Crippen LogP contribution in [0.4, 0.5) is 0 Å². The minimum atomic E-state index is -0.726. The Labute approximate surface area is 136 Å². The van der Waals surface area contributed by atoms with Gasteiger partial charge < -0.3 is 9.84 Å². The number of rotatable bonds is 8. The van der Waals surface area contributed by atoms with E-state index in [9.17, 15) is 5.11 Å². The molecular formula is C20H34O2. The van der Waals surface area contributed by atoms with Crippen LogP contribution < -0.4 is 4.74 Å². The summed E-state index contributed by atoms with van der Waals surface area (Å²) in [6.07, 6.45) is 2.95. The normalized spacial score (nSPS) is 14.0. The van der Waals surface area contributed by atoms with Crippen LogP contribution in [0.1, 0.15) is 85.3 Å². The molecule has 1 aromatic carbocycles. The molecule has 22 heavy (non-hydrogen) atoms. The lowest BCUT2D eigenvalue weighted by Crippen LogP contribution is -2.23. The van der Waals surface area contributed by atoms with Crippen LogP contribution in [0, 0.1) is 0 Å². The zero-order valence-electron chi connectivity index (χ0n) is 15.5. The molecule has 0 saturated carbocycles. The molecule has 0 saturated heterocycles. The number of aliphatic hydroxyl groups is 1. The third kappa shape index (κ3) is 4.49. The smallest absolute Gasteiger partial charge is 0.197 e. The SMILES string of the molecule is CCCC(O)Oc1cc(C(C)(C)CC)ccc1C(C)(C)CC. The van der Waals surface area contributed by atoms with Gasteiger partial charge in [0.25, 0.3) is 0 Å². The van der Waals surface area contributed by atoms with Crippen LogP contribution in [0.3, 0.4) is 0 Å². The van der Waals surface area contributed by atoms with Gasteiger partial charge in [-0.1, -0.05) is 67.0 Å². The molecule has 126 valence electrons. The molecule has 1 N–H and O–H groups in total. The first-order valence-electron chi connectivity index (χ1n) is 8.67. The Morgan fingerprint density at radius 1 is 1.00 bits per heavy atom. The Kier molecular flexibility index (Phi) is 6.49. The van der Waals surface area contributed by atoms with Crippen molar-refractivity contribution >= 4 is 0 Å². The summed E-state index contributed by atoms with van der Waals surface area (Å²) < 4.78 is 5.91. The van der Waals surface area contributed by atoms with Crippen LogP contribution in [0.15, 0.2) is 18.2 Å². The molecule has 0 aliphatic heterocycles. The van der Waals surface area contributed by atoms with Crippen molar-refractivity contribution in [1.29, 1.82) is 0 Å². The Hall–Kier alpha value is -1.02. The van der Waals surface area contributed by atoms with Crippen molar-refractivity contribution < 1.29 is 9.84 Å². The number of benzene rings is 1. The molecule has 0 aliphatic carbocycles. The monoisotopic (exact) mass is 306 g/mol. The van der Waals surface area contributed by atoms with Crippen molar-refractivity contribution in [3.63, 3.8) is 0 Å². The molecule has 1 atom stereocenters. The standard InChI is InChI=1S/C20H34O2/c1-8-11-18(21)22-17-14-15(19(4,5)9-2)12-13-16(17)20(6,7)10-3/h12-14,18,21H,8-11H2,1-7H3. The first kappa shape index (κ1) is 19.0. The topological polar surface area (TPSA) is 29.5 Å². The second-order valence-electron chi connectivity index (χ2n) is 7.55. The molecule has 0 amide bonds. The fourth-order valence-electron chi connectivity index (χ4n) is 2.45. The molecule has 0 fully saturated rings. The largest absolute Gasteiger partial charge is 0.465 e. The summed E-state index contributed by atoms with van der Waals surface area (Å²) >= 11 is 0. The summed E-state index contributed by atoms with van der Waals surface area (Å²) in [5, 5.41) is 10.1. The maximum Gasteiger partial charge on any atom is 0.197 e. The van der Waals surface area contributed by atoms with Gasteiger partial charge in [0.2, 0.25) is 0 Å². The van der Waals surface area contributed by atoms with Crippen LogP contribution in [0.2, 0.25) is 0 Å². The van der Waals surface area contributed by atoms with E-state index >= 15 is 0 Å². The molecule has 0 heterocycles. The van der Waals surface area contributed by atoms with Crippen molar-refractivity contribution in [3.05, 3.63) is 29.3 Å². The predicted octanol–water partition coefficient (Wildman–Crippen LogP) is 5.56. The third-order valence-corrected chi connectivity index (χ3v) is 5.06. The Bertz CT molecular complexity index is 475. The fraction of sp³-hybridized carbons (Fsp3) is 0.700. The van der Waals surface area contributed by atoms with Crippen molar-refractivity contribution in [2.45, 2.75) is 91.3 Å². The maximum absolute atomic E-state index is 10.1. The third-order valence-electron chi connectivity index (χ3n) is 5.06. The van der Waals surface area contributed by atoms with E-state index < -0.39 is 6.29 Å². The fourth-order valence-corrected chi connectivity index (χ4v) is 2.45. The van der Waals surface area contributed by atoms with Gasteiger partial charge in [0.15, 0.2) is 6.29 Å². The lowest BCUT2D eigenvalue weighted by Gasteiger charge is -2.30. The van der Waals surface area contributed by atoms with Crippen LogP contribution in [-0.2, 0) is 10.8 Å². The Morgan fingerprint density at radius 3 is 2.09 bits per heavy atom. The number of aliphatic hydroxyl groups excluding tert-OH is 1. The van der Waals surface area contributed by atoms with Gasteiger partial charge in [0.05, 0.1) is 0 Å². The maximum atomic E-state index is 10.1. The van der Waals surface area contributed by atoms with Gasteiger partial charge in [0, 0.05) is 6.42 Å². The molecule has 1 unspecified atom stereocenters. The molecular weight excluding hydrogens is 272 g/mol. The second kappa shape index (κ2) is 7.50. The van der Waals surface area contributed by atoms with Crippen molar-refractivity contribution in [2.75, 3.05) is 0 Å². The number of hydrogen-bond donors (Lipinski definition) is 1. The van der Waals surface area contributed by atoms with E-state index in [0.29, 0.717) is 6.42 Å². The van der Waals surface area contributed by atoms with E-state index in [1.807, 2.05) is 0 Å². The first-order chi connectivity index (χ1) is 10.2. The quantitative estimate of drug-likeness (QED) is 0.637. The highest BCUT2D eigenvalue weighted by molar-refractivity contribution is 5.44. The van der Waals surface area contributed by atoms with Crippen molar-refractivity contribution in [2.24, 2.45) is 0 Å². The minimum absolute atomic E-state index is 0.0379. The van der Waals surface area contributed by atoms with Gasteiger partial charge in [-0.15, -0.1) is 0 Å². The van der Waals surface area contributed by atoms with Crippen LogP contribution in [0.5, 0.6) is 5.75 Å². The molecule has 0 aliphatic rings. The zero-order valence-corrected chi connectivity index (χ0v) is 15.5. The lowest BCUT2D eigenvalue weighted by molar-refractivity contribution is -0.0246. The highest BCUT2D eigenvalue weighted by atomic mass is 16.6. The van der Waals surface area contributed by atoms with E-state index in [1.54, 1.807) is 0 Å². The van der Waals surface area contributed by atoms with Gasteiger partial charge in [-0.2, -0.15) is 0 Å². The number of ether oxygens (including phenoxy) is 1. The van der Waals surface area contributed by atoms with Crippen LogP contribution in [0.25, 0.3) is 0 Å². The molecule has 1 aromatic rings. The molecule has 1 rings (SSSR count). The summed E-state index contributed by atoms with van der Waals surface area (Å²) in [6, 6.07) is 6.54. The zero-order chi connectivity index (χ0) is 17.0. The molecule has 0 radical (unpaired) electrons. The second-order valence-corrected chi connectivity index (χ2v) is 7.55. The highest BCUT2D eigenvalue weighted by Gasteiger charge is 2.26. The Balaban J connectivity index is 3.28. The Morgan fingerprint density at radius 2 is 1.59 bits per heavy atom. The van der Waals surface area contributed by atoms with E-state index in [1.165, 1.54) is 11.1 Å². The van der Waals surface area contributed by atoms with Gasteiger partial charge in [-0.3, -0.25) is 0 Å². The summed E-state index contributed by atoms with van der Waals surface area (Å²) in [4.78, 5) is 0. The van der Waals surface area contributed by atoms with Crippen molar-refractivity contribution in [3.8, 4) is 5.75 Å². The van der Waals surface area contributed by atoms with Gasteiger partial charge >= 0.3 is 0 Å². The molecule has 0 bridgehead atoms. The average molecular weight is 306 g/mol. The summed E-state index contributed by atoms with van der Waals surface area (Å²) in [5.41, 5.74) is 2.60. The van der Waals surface area contributed by atoms with Crippen LogP contribution in [-0.4, -0.2) is 11.4 Å². The van der Waals surface area contributed by atoms with E-state index in [2.05, 4.69) is 66.7 Å². The summed E-state index contributed by atoms with van der Waals surface area (Å²) in [7, 11) is 0. The molecule has 0 spiro atoms. The summed E-state index contributed by atoms with van der Waals surface area (Å²) in [5.74, 6) is 0.840. The van der Waals surface area contributed by atoms with Gasteiger partial charge in [0.1, 0.15) is 5.75 Å². The average Bonchev–Trinajstić information content (AvgIpc) is 2.47.